The van der Waals surface area contributed by atoms with Crippen molar-refractivity contribution in [2.45, 2.75) is 4.87 Å². The van der Waals surface area contributed by atoms with Gasteiger partial charge in [0.1, 0.15) is 5.82 Å². The molecule has 116 valence electrons. The summed E-state index contributed by atoms with van der Waals surface area (Å²) in [6, 6.07) is 13.2. The Morgan fingerprint density at radius 2 is 1.91 bits per heavy atom. The van der Waals surface area contributed by atoms with Crippen LogP contribution < -0.4 is 9.80 Å². The molecule has 0 N–H and O–H groups in total. The highest BCUT2D eigenvalue weighted by atomic mass is 32.2. The molecule has 4 rings (SSSR count). The molecule has 1 saturated heterocycles. The summed E-state index contributed by atoms with van der Waals surface area (Å²) in [7, 11) is 1.70. The van der Waals surface area contributed by atoms with Gasteiger partial charge in [-0.25, -0.2) is 4.39 Å². The lowest BCUT2D eigenvalue weighted by Gasteiger charge is -2.32. The van der Waals surface area contributed by atoms with Gasteiger partial charge < -0.3 is 4.90 Å². The lowest BCUT2D eigenvalue weighted by molar-refractivity contribution is -0.123. The number of likely N-dealkylation sites (N-methyl/N-ethyl adjacent to an activating group) is 1. The second kappa shape index (κ2) is 4.83. The standard InChI is InChI=1S/C17H13FN2O2S/c1-19-14-8-3-2-7-13(14)17(16(19)22)20(15(21)10-23-17)12-6-4-5-11(18)9-12/h2-9H,10H2,1H3/t17-/m0/s1. The number of halogens is 1. The topological polar surface area (TPSA) is 40.6 Å². The Balaban J connectivity index is 1.96. The van der Waals surface area contributed by atoms with Crippen LogP contribution in [0.4, 0.5) is 15.8 Å². The number of nitrogens with zero attached hydrogens (tertiary/aromatic N) is 2. The van der Waals surface area contributed by atoms with Gasteiger partial charge in [-0.05, 0) is 24.3 Å². The summed E-state index contributed by atoms with van der Waals surface area (Å²) in [5.74, 6) is -0.628. The molecule has 0 aliphatic carbocycles. The average Bonchev–Trinajstić information content (AvgIpc) is 3.00. The molecule has 2 aliphatic heterocycles. The Kier molecular flexibility index (Phi) is 2.99. The number of amides is 2. The summed E-state index contributed by atoms with van der Waals surface area (Å²) < 4.78 is 13.7. The van der Waals surface area contributed by atoms with Gasteiger partial charge in [0.15, 0.2) is 0 Å². The number of hydrogen-bond donors (Lipinski definition) is 0. The Hall–Kier alpha value is -2.34. The van der Waals surface area contributed by atoms with E-state index in [9.17, 15) is 14.0 Å². The van der Waals surface area contributed by atoms with Crippen LogP contribution in [0.5, 0.6) is 0 Å². The highest BCUT2D eigenvalue weighted by molar-refractivity contribution is 8.02. The summed E-state index contributed by atoms with van der Waals surface area (Å²) in [6.07, 6.45) is 0. The van der Waals surface area contributed by atoms with E-state index in [0.29, 0.717) is 5.69 Å². The maximum Gasteiger partial charge on any atom is 0.268 e. The Bertz CT molecular complexity index is 841. The van der Waals surface area contributed by atoms with Crippen molar-refractivity contribution in [1.29, 1.82) is 0 Å². The number of para-hydroxylation sites is 1. The molecule has 2 aromatic carbocycles. The van der Waals surface area contributed by atoms with Crippen LogP contribution in [0.3, 0.4) is 0 Å². The third-order valence-electron chi connectivity index (χ3n) is 4.26. The van der Waals surface area contributed by atoms with Gasteiger partial charge in [-0.1, -0.05) is 24.3 Å². The lowest BCUT2D eigenvalue weighted by Crippen LogP contribution is -2.49. The van der Waals surface area contributed by atoms with Gasteiger partial charge in [0.25, 0.3) is 5.91 Å². The van der Waals surface area contributed by atoms with Crippen LogP contribution in [-0.4, -0.2) is 24.6 Å². The van der Waals surface area contributed by atoms with E-state index in [2.05, 4.69) is 0 Å². The molecule has 6 heteroatoms. The predicted molar refractivity (Wildman–Crippen MR) is 87.9 cm³/mol. The monoisotopic (exact) mass is 328 g/mol. The zero-order valence-corrected chi connectivity index (χ0v) is 13.1. The van der Waals surface area contributed by atoms with Crippen molar-refractivity contribution in [2.24, 2.45) is 0 Å². The fourth-order valence-corrected chi connectivity index (χ4v) is 4.66. The minimum absolute atomic E-state index is 0.182. The first-order valence-corrected chi connectivity index (χ1v) is 8.14. The van der Waals surface area contributed by atoms with Gasteiger partial charge in [-0.3, -0.25) is 14.5 Å². The van der Waals surface area contributed by atoms with Crippen LogP contribution in [0.15, 0.2) is 48.5 Å². The molecule has 0 bridgehead atoms. The summed E-state index contributed by atoms with van der Waals surface area (Å²) in [6.45, 7) is 0. The van der Waals surface area contributed by atoms with Gasteiger partial charge in [0, 0.05) is 18.3 Å². The number of anilines is 2. The molecule has 2 heterocycles. The van der Waals surface area contributed by atoms with Crippen LogP contribution in [0, 0.1) is 5.82 Å². The number of rotatable bonds is 1. The Labute approximate surface area is 136 Å². The van der Waals surface area contributed by atoms with Crippen LogP contribution in [-0.2, 0) is 14.5 Å². The van der Waals surface area contributed by atoms with Gasteiger partial charge in [-0.15, -0.1) is 11.8 Å². The molecule has 2 aromatic rings. The van der Waals surface area contributed by atoms with E-state index in [4.69, 9.17) is 0 Å². The van der Waals surface area contributed by atoms with E-state index < -0.39 is 10.7 Å². The first kappa shape index (κ1) is 14.3. The number of thioether (sulfide) groups is 1. The summed E-state index contributed by atoms with van der Waals surface area (Å²) in [4.78, 5) is 27.4. The van der Waals surface area contributed by atoms with Crippen LogP contribution in [0.25, 0.3) is 0 Å². The molecule has 23 heavy (non-hydrogen) atoms. The average molecular weight is 328 g/mol. The first-order chi connectivity index (χ1) is 11.1. The number of carbonyl (C=O) groups excluding carboxylic acids is 2. The van der Waals surface area contributed by atoms with Crippen LogP contribution >= 0.6 is 11.8 Å². The number of fused-ring (bicyclic) bond motifs is 2. The third-order valence-corrected chi connectivity index (χ3v) is 5.65. The smallest absolute Gasteiger partial charge is 0.268 e. The molecule has 1 atom stereocenters. The van der Waals surface area contributed by atoms with Gasteiger partial charge in [0.05, 0.1) is 11.4 Å². The molecule has 0 unspecified atom stereocenters. The predicted octanol–water partition coefficient (Wildman–Crippen LogP) is 2.73. The van der Waals surface area contributed by atoms with Crippen molar-refractivity contribution in [3.8, 4) is 0 Å². The number of carbonyl (C=O) groups is 2. The van der Waals surface area contributed by atoms with Crippen molar-refractivity contribution in [1.82, 2.24) is 0 Å². The largest absolute Gasteiger partial charge is 0.312 e. The van der Waals surface area contributed by atoms with Crippen molar-refractivity contribution in [3.05, 3.63) is 59.9 Å². The normalized spacial score (nSPS) is 23.0. The molecule has 4 nitrogen and oxygen atoms in total. The molecule has 1 spiro atoms. The molecule has 2 aliphatic rings. The van der Waals surface area contributed by atoms with Gasteiger partial charge in [0.2, 0.25) is 10.8 Å². The lowest BCUT2D eigenvalue weighted by atomic mass is 10.0. The SMILES string of the molecule is CN1C(=O)[C@@]2(SCC(=O)N2c2cccc(F)c2)c2ccccc21. The maximum atomic E-state index is 13.7. The van der Waals surface area contributed by atoms with Crippen LogP contribution in [0.2, 0.25) is 0 Å². The zero-order chi connectivity index (χ0) is 16.2. The van der Waals surface area contributed by atoms with Crippen molar-refractivity contribution < 1.29 is 14.0 Å². The summed E-state index contributed by atoms with van der Waals surface area (Å²) in [5, 5.41) is 0. The van der Waals surface area contributed by atoms with E-state index in [0.717, 1.165) is 11.3 Å². The fraction of sp³-hybridized carbons (Fsp3) is 0.176. The van der Waals surface area contributed by atoms with Crippen molar-refractivity contribution >= 4 is 35.0 Å². The van der Waals surface area contributed by atoms with Gasteiger partial charge in [-0.2, -0.15) is 0 Å². The second-order valence-electron chi connectivity index (χ2n) is 5.52. The quantitative estimate of drug-likeness (QED) is 0.808. The molecule has 2 amide bonds. The zero-order valence-electron chi connectivity index (χ0n) is 12.3. The van der Waals surface area contributed by atoms with E-state index in [1.54, 1.807) is 24.1 Å². The van der Waals surface area contributed by atoms with E-state index in [-0.39, 0.29) is 17.6 Å². The highest BCUT2D eigenvalue weighted by Crippen LogP contribution is 2.55. The molecule has 0 radical (unpaired) electrons. The number of benzene rings is 2. The molecule has 0 saturated carbocycles. The Morgan fingerprint density at radius 3 is 2.70 bits per heavy atom. The summed E-state index contributed by atoms with van der Waals surface area (Å²) >= 11 is 1.29. The minimum atomic E-state index is -1.14. The van der Waals surface area contributed by atoms with E-state index >= 15 is 0 Å². The molecule has 0 aromatic heterocycles. The van der Waals surface area contributed by atoms with Crippen molar-refractivity contribution in [3.63, 3.8) is 0 Å². The molecule has 1 fully saturated rings. The van der Waals surface area contributed by atoms with Crippen molar-refractivity contribution in [2.75, 3.05) is 22.6 Å². The third kappa shape index (κ3) is 1.78. The van der Waals surface area contributed by atoms with E-state index in [1.165, 1.54) is 28.8 Å². The second-order valence-corrected chi connectivity index (χ2v) is 6.69. The summed E-state index contributed by atoms with van der Waals surface area (Å²) in [5.41, 5.74) is 1.95. The molecular formula is C17H13FN2O2S. The van der Waals surface area contributed by atoms with Gasteiger partial charge >= 0.3 is 0 Å². The molecular weight excluding hydrogens is 315 g/mol. The number of hydrogen-bond acceptors (Lipinski definition) is 3. The van der Waals surface area contributed by atoms with Crippen LogP contribution in [0.1, 0.15) is 5.56 Å². The maximum absolute atomic E-state index is 13.7. The Morgan fingerprint density at radius 1 is 1.13 bits per heavy atom. The highest BCUT2D eigenvalue weighted by Gasteiger charge is 2.60. The minimum Gasteiger partial charge on any atom is -0.312 e. The fourth-order valence-electron chi connectivity index (χ4n) is 3.27. The first-order valence-electron chi connectivity index (χ1n) is 7.16. The van der Waals surface area contributed by atoms with E-state index in [1.807, 2.05) is 24.3 Å².